The van der Waals surface area contributed by atoms with Gasteiger partial charge in [0.25, 0.3) is 5.91 Å². The van der Waals surface area contributed by atoms with Crippen molar-refractivity contribution >= 4 is 15.9 Å². The van der Waals surface area contributed by atoms with E-state index in [-0.39, 0.29) is 16.8 Å². The van der Waals surface area contributed by atoms with E-state index in [1.165, 1.54) is 26.2 Å². The van der Waals surface area contributed by atoms with Gasteiger partial charge in [0.2, 0.25) is 10.0 Å². The smallest absolute Gasteiger partial charge is 0.254 e. The Kier molecular flexibility index (Phi) is 6.14. The predicted octanol–water partition coefficient (Wildman–Crippen LogP) is 2.76. The van der Waals surface area contributed by atoms with Crippen LogP contribution in [0.25, 0.3) is 0 Å². The van der Waals surface area contributed by atoms with Crippen molar-refractivity contribution in [1.82, 2.24) is 9.21 Å². The number of carbonyl (C=O) groups excluding carboxylic acids is 1. The van der Waals surface area contributed by atoms with Crippen LogP contribution in [-0.2, 0) is 16.6 Å². The van der Waals surface area contributed by atoms with E-state index in [2.05, 4.69) is 0 Å². The van der Waals surface area contributed by atoms with Gasteiger partial charge in [-0.05, 0) is 55.3 Å². The van der Waals surface area contributed by atoms with E-state index < -0.39 is 10.0 Å². The maximum Gasteiger partial charge on any atom is 0.254 e. The van der Waals surface area contributed by atoms with Crippen LogP contribution in [-0.4, -0.2) is 57.9 Å². The molecular weight excluding hydrogens is 392 g/mol. The first-order valence-electron chi connectivity index (χ1n) is 9.32. The Morgan fingerprint density at radius 3 is 2.21 bits per heavy atom. The van der Waals surface area contributed by atoms with E-state index in [1.807, 2.05) is 23.1 Å². The molecule has 2 aromatic rings. The monoisotopic (exact) mass is 418 g/mol. The molecule has 0 spiro atoms. The Labute approximate surface area is 171 Å². The molecule has 1 aliphatic rings. The molecule has 1 aliphatic carbocycles. The third kappa shape index (κ3) is 4.54. The minimum atomic E-state index is -3.53. The lowest BCUT2D eigenvalue weighted by Crippen LogP contribution is -2.32. The number of ether oxygens (including phenoxy) is 2. The maximum absolute atomic E-state index is 13.2. The average molecular weight is 419 g/mol. The molecule has 2 aromatic carbocycles. The lowest BCUT2D eigenvalue weighted by molar-refractivity contribution is 0.0728. The van der Waals surface area contributed by atoms with Gasteiger partial charge in [-0.1, -0.05) is 0 Å². The van der Waals surface area contributed by atoms with Crippen LogP contribution in [0.1, 0.15) is 28.8 Å². The normalized spacial score (nSPS) is 14.0. The fourth-order valence-electron chi connectivity index (χ4n) is 3.09. The minimum Gasteiger partial charge on any atom is -0.497 e. The van der Waals surface area contributed by atoms with Crippen LogP contribution in [0.15, 0.2) is 47.4 Å². The first-order chi connectivity index (χ1) is 13.8. The molecule has 0 saturated heterocycles. The van der Waals surface area contributed by atoms with Crippen LogP contribution in [0.3, 0.4) is 0 Å². The number of methoxy groups -OCH3 is 2. The van der Waals surface area contributed by atoms with Gasteiger partial charge in [-0.15, -0.1) is 0 Å². The molecule has 1 saturated carbocycles. The summed E-state index contributed by atoms with van der Waals surface area (Å²) in [7, 11) is 2.61. The van der Waals surface area contributed by atoms with Gasteiger partial charge in [0.05, 0.1) is 25.7 Å². The van der Waals surface area contributed by atoms with Crippen LogP contribution < -0.4 is 9.47 Å². The van der Waals surface area contributed by atoms with Gasteiger partial charge < -0.3 is 14.4 Å². The lowest BCUT2D eigenvalue weighted by atomic mass is 10.1. The first kappa shape index (κ1) is 21.1. The number of carbonyl (C=O) groups is 1. The molecule has 1 amide bonds. The summed E-state index contributed by atoms with van der Waals surface area (Å²) in [5.41, 5.74) is 1.32. The standard InChI is InChI=1S/C21H26N2O5S/c1-22(2)29(25,26)19-10-5-15(6-11-19)21(24)23(17-7-8-17)14-16-13-18(27-3)9-12-20(16)28-4/h5-6,9-13,17H,7-8,14H2,1-4H3. The average Bonchev–Trinajstić information content (AvgIpc) is 3.56. The number of rotatable bonds is 8. The van der Waals surface area contributed by atoms with Crippen molar-refractivity contribution in [3.05, 3.63) is 53.6 Å². The van der Waals surface area contributed by atoms with Gasteiger partial charge >= 0.3 is 0 Å². The lowest BCUT2D eigenvalue weighted by Gasteiger charge is -2.24. The van der Waals surface area contributed by atoms with Crippen molar-refractivity contribution in [1.29, 1.82) is 0 Å². The zero-order valence-corrected chi connectivity index (χ0v) is 17.9. The van der Waals surface area contributed by atoms with Gasteiger partial charge in [-0.2, -0.15) is 0 Å². The zero-order chi connectivity index (χ0) is 21.2. The molecule has 29 heavy (non-hydrogen) atoms. The van der Waals surface area contributed by atoms with E-state index in [1.54, 1.807) is 26.4 Å². The topological polar surface area (TPSA) is 76.1 Å². The van der Waals surface area contributed by atoms with Crippen LogP contribution in [0.5, 0.6) is 11.5 Å². The van der Waals surface area contributed by atoms with Gasteiger partial charge in [0.1, 0.15) is 11.5 Å². The first-order valence-corrected chi connectivity index (χ1v) is 10.8. The summed E-state index contributed by atoms with van der Waals surface area (Å²) < 4.78 is 36.4. The van der Waals surface area contributed by atoms with Crippen molar-refractivity contribution in [2.24, 2.45) is 0 Å². The molecule has 0 atom stereocenters. The second-order valence-corrected chi connectivity index (χ2v) is 9.31. The quantitative estimate of drug-likeness (QED) is 0.659. The molecule has 0 radical (unpaired) electrons. The SMILES string of the molecule is COc1ccc(OC)c(CN(C(=O)c2ccc(S(=O)(=O)N(C)C)cc2)C2CC2)c1. The second-order valence-electron chi connectivity index (χ2n) is 7.15. The summed E-state index contributed by atoms with van der Waals surface area (Å²) >= 11 is 0. The number of hydrogen-bond acceptors (Lipinski definition) is 5. The molecular formula is C21H26N2O5S. The summed E-state index contributed by atoms with van der Waals surface area (Å²) in [6, 6.07) is 11.8. The summed E-state index contributed by atoms with van der Waals surface area (Å²) in [6.45, 7) is 0.390. The van der Waals surface area contributed by atoms with Gasteiger partial charge in [-0.3, -0.25) is 4.79 Å². The third-order valence-electron chi connectivity index (χ3n) is 4.96. The zero-order valence-electron chi connectivity index (χ0n) is 17.1. The number of amides is 1. The predicted molar refractivity (Wildman–Crippen MR) is 110 cm³/mol. The summed E-state index contributed by atoms with van der Waals surface area (Å²) in [4.78, 5) is 15.1. The van der Waals surface area contributed by atoms with Crippen LogP contribution >= 0.6 is 0 Å². The van der Waals surface area contributed by atoms with E-state index in [9.17, 15) is 13.2 Å². The van der Waals surface area contributed by atoms with Crippen LogP contribution in [0.2, 0.25) is 0 Å². The van der Waals surface area contributed by atoms with E-state index in [0.29, 0.717) is 23.6 Å². The molecule has 0 unspecified atom stereocenters. The molecule has 0 N–H and O–H groups in total. The van der Waals surface area contributed by atoms with E-state index in [0.717, 1.165) is 22.7 Å². The Bertz CT molecular complexity index is 983. The highest BCUT2D eigenvalue weighted by atomic mass is 32.2. The number of nitrogens with zero attached hydrogens (tertiary/aromatic N) is 2. The van der Waals surface area contributed by atoms with Crippen molar-refractivity contribution in [3.8, 4) is 11.5 Å². The Morgan fingerprint density at radius 1 is 1.03 bits per heavy atom. The van der Waals surface area contributed by atoms with Gasteiger partial charge in [-0.25, -0.2) is 12.7 Å². The fraction of sp³-hybridized carbons (Fsp3) is 0.381. The summed E-state index contributed by atoms with van der Waals surface area (Å²) in [5.74, 6) is 1.25. The fourth-order valence-corrected chi connectivity index (χ4v) is 3.99. The molecule has 1 fully saturated rings. The minimum absolute atomic E-state index is 0.133. The number of benzene rings is 2. The Morgan fingerprint density at radius 2 is 1.69 bits per heavy atom. The number of sulfonamides is 1. The Hall–Kier alpha value is -2.58. The van der Waals surface area contributed by atoms with Gasteiger partial charge in [0.15, 0.2) is 0 Å². The van der Waals surface area contributed by atoms with Crippen molar-refractivity contribution in [2.45, 2.75) is 30.3 Å². The highest BCUT2D eigenvalue weighted by Gasteiger charge is 2.34. The largest absolute Gasteiger partial charge is 0.497 e. The summed E-state index contributed by atoms with van der Waals surface area (Å²) in [5, 5.41) is 0. The molecule has 0 bridgehead atoms. The highest BCUT2D eigenvalue weighted by molar-refractivity contribution is 7.89. The highest BCUT2D eigenvalue weighted by Crippen LogP contribution is 2.33. The maximum atomic E-state index is 13.2. The van der Waals surface area contributed by atoms with Crippen molar-refractivity contribution in [2.75, 3.05) is 28.3 Å². The molecule has 0 aromatic heterocycles. The third-order valence-corrected chi connectivity index (χ3v) is 6.79. The van der Waals surface area contributed by atoms with Crippen LogP contribution in [0.4, 0.5) is 0 Å². The second kappa shape index (κ2) is 8.42. The van der Waals surface area contributed by atoms with Crippen molar-refractivity contribution < 1.29 is 22.7 Å². The van der Waals surface area contributed by atoms with E-state index in [4.69, 9.17) is 9.47 Å². The van der Waals surface area contributed by atoms with Gasteiger partial charge in [0, 0.05) is 31.3 Å². The van der Waals surface area contributed by atoms with Crippen molar-refractivity contribution in [3.63, 3.8) is 0 Å². The molecule has 156 valence electrons. The molecule has 8 heteroatoms. The van der Waals surface area contributed by atoms with E-state index >= 15 is 0 Å². The number of hydrogen-bond donors (Lipinski definition) is 0. The van der Waals surface area contributed by atoms with Crippen LogP contribution in [0, 0.1) is 0 Å². The molecule has 0 aliphatic heterocycles. The molecule has 3 rings (SSSR count). The summed E-state index contributed by atoms with van der Waals surface area (Å²) in [6.07, 6.45) is 1.90. The Balaban J connectivity index is 1.86. The molecule has 7 nitrogen and oxygen atoms in total. The molecule has 0 heterocycles.